The van der Waals surface area contributed by atoms with Crippen molar-refractivity contribution in [2.75, 3.05) is 13.2 Å². The zero-order valence-corrected chi connectivity index (χ0v) is 16.5. The lowest BCUT2D eigenvalue weighted by atomic mass is 9.99. The number of nitrogens with one attached hydrogen (secondary N) is 1. The minimum atomic E-state index is -0.700. The Bertz CT molecular complexity index is 415. The molecule has 6 heteroatoms. The molecule has 0 saturated carbocycles. The molecule has 1 aliphatic heterocycles. The average Bonchev–Trinajstić information content (AvgIpc) is 2.60. The highest BCUT2D eigenvalue weighted by Crippen LogP contribution is 2.21. The van der Waals surface area contributed by atoms with Gasteiger partial charge in [-0.15, -0.1) is 0 Å². The number of rotatable bonds is 12. The molecule has 6 nitrogen and oxygen atoms in total. The Morgan fingerprint density at radius 2 is 2.08 bits per heavy atom. The van der Waals surface area contributed by atoms with Crippen LogP contribution in [0.3, 0.4) is 0 Å². The van der Waals surface area contributed by atoms with Gasteiger partial charge in [-0.05, 0) is 39.2 Å². The molecular formula is C20H37NO5. The number of allylic oxidation sites excluding steroid dienone is 1. The largest absolute Gasteiger partial charge is 0.390 e. The summed E-state index contributed by atoms with van der Waals surface area (Å²) in [5.41, 5.74) is 0. The zero-order chi connectivity index (χ0) is 19.4. The molecule has 0 radical (unpaired) electrons. The lowest BCUT2D eigenvalue weighted by Crippen LogP contribution is -2.48. The maximum absolute atomic E-state index is 11.7. The Morgan fingerprint density at radius 1 is 1.31 bits per heavy atom. The van der Waals surface area contributed by atoms with Gasteiger partial charge in [-0.2, -0.15) is 0 Å². The van der Waals surface area contributed by atoms with Gasteiger partial charge < -0.3 is 25.0 Å². The molecule has 1 fully saturated rings. The van der Waals surface area contributed by atoms with Gasteiger partial charge in [0.25, 0.3) is 0 Å². The van der Waals surface area contributed by atoms with Gasteiger partial charge in [-0.3, -0.25) is 4.79 Å². The van der Waals surface area contributed by atoms with Crippen LogP contribution in [0.25, 0.3) is 0 Å². The van der Waals surface area contributed by atoms with E-state index in [1.54, 1.807) is 13.0 Å². The van der Waals surface area contributed by atoms with Gasteiger partial charge in [0.1, 0.15) is 6.10 Å². The fourth-order valence-corrected chi connectivity index (χ4v) is 2.88. The first-order valence-corrected chi connectivity index (χ1v) is 10.0. The van der Waals surface area contributed by atoms with Crippen molar-refractivity contribution in [2.24, 2.45) is 0 Å². The van der Waals surface area contributed by atoms with Gasteiger partial charge in [0.2, 0.25) is 5.91 Å². The molecule has 1 rings (SSSR count). The Labute approximate surface area is 158 Å². The highest BCUT2D eigenvalue weighted by Gasteiger charge is 2.34. The predicted molar refractivity (Wildman–Crippen MR) is 102 cm³/mol. The summed E-state index contributed by atoms with van der Waals surface area (Å²) >= 11 is 0. The number of amides is 1. The lowest BCUT2D eigenvalue weighted by molar-refractivity contribution is -0.183. The van der Waals surface area contributed by atoms with Gasteiger partial charge in [-0.25, -0.2) is 0 Å². The van der Waals surface area contributed by atoms with Crippen molar-refractivity contribution in [2.45, 2.75) is 96.2 Å². The summed E-state index contributed by atoms with van der Waals surface area (Å²) in [6, 6.07) is 0. The molecule has 1 unspecified atom stereocenters. The van der Waals surface area contributed by atoms with Gasteiger partial charge in [-0.1, -0.05) is 32.3 Å². The third-order valence-corrected chi connectivity index (χ3v) is 4.73. The van der Waals surface area contributed by atoms with E-state index < -0.39 is 18.3 Å². The van der Waals surface area contributed by atoms with Crippen molar-refractivity contribution in [1.29, 1.82) is 0 Å². The number of aliphatic hydroxyl groups excluding tert-OH is 2. The van der Waals surface area contributed by atoms with Crippen LogP contribution in [0.5, 0.6) is 0 Å². The van der Waals surface area contributed by atoms with E-state index in [0.717, 1.165) is 32.2 Å². The number of carbonyl (C=O) groups is 1. The van der Waals surface area contributed by atoms with Crippen LogP contribution in [0, 0.1) is 0 Å². The molecule has 0 aromatic heterocycles. The monoisotopic (exact) mass is 371 g/mol. The van der Waals surface area contributed by atoms with E-state index in [4.69, 9.17) is 9.47 Å². The number of hydrogen-bond donors (Lipinski definition) is 3. The molecule has 0 spiro atoms. The molecule has 0 aromatic rings. The molecule has 5 atom stereocenters. The van der Waals surface area contributed by atoms with Crippen molar-refractivity contribution >= 4 is 5.91 Å². The van der Waals surface area contributed by atoms with Crippen molar-refractivity contribution in [3.8, 4) is 0 Å². The van der Waals surface area contributed by atoms with E-state index in [1.807, 2.05) is 13.0 Å². The van der Waals surface area contributed by atoms with Crippen LogP contribution in [0.2, 0.25) is 0 Å². The highest BCUT2D eigenvalue weighted by molar-refractivity contribution is 5.87. The summed E-state index contributed by atoms with van der Waals surface area (Å²) in [5, 5.41) is 22.5. The first kappa shape index (κ1) is 23.1. The van der Waals surface area contributed by atoms with Crippen LogP contribution in [-0.4, -0.2) is 59.8 Å². The molecule has 0 aliphatic carbocycles. The third-order valence-electron chi connectivity index (χ3n) is 4.73. The van der Waals surface area contributed by atoms with E-state index >= 15 is 0 Å². The normalized spacial score (nSPS) is 27.6. The highest BCUT2D eigenvalue weighted by atomic mass is 16.6. The van der Waals surface area contributed by atoms with Crippen LogP contribution in [0.1, 0.15) is 65.7 Å². The fourth-order valence-electron chi connectivity index (χ4n) is 2.88. The number of unbranched alkanes of at least 4 members (excludes halogenated alkanes) is 3. The van der Waals surface area contributed by atoms with E-state index in [-0.39, 0.29) is 18.1 Å². The van der Waals surface area contributed by atoms with E-state index in [9.17, 15) is 15.0 Å². The minimum Gasteiger partial charge on any atom is -0.390 e. The molecule has 1 saturated heterocycles. The molecule has 0 aromatic carbocycles. The second-order valence-electron chi connectivity index (χ2n) is 7.23. The Kier molecular flexibility index (Phi) is 11.8. The Balaban J connectivity index is 2.10. The number of ether oxygens (including phenoxy) is 2. The summed E-state index contributed by atoms with van der Waals surface area (Å²) < 4.78 is 11.3. The van der Waals surface area contributed by atoms with Crippen LogP contribution < -0.4 is 5.32 Å². The van der Waals surface area contributed by atoms with Crippen LogP contribution in [0.15, 0.2) is 12.2 Å². The minimum absolute atomic E-state index is 0.00899. The average molecular weight is 372 g/mol. The second-order valence-corrected chi connectivity index (χ2v) is 7.23. The van der Waals surface area contributed by atoms with Gasteiger partial charge in [0.05, 0.1) is 31.0 Å². The molecule has 1 amide bonds. The number of hydrogen-bond acceptors (Lipinski definition) is 5. The first-order valence-electron chi connectivity index (χ1n) is 10.0. The number of carbonyl (C=O) groups excluding carboxylic acids is 1. The van der Waals surface area contributed by atoms with E-state index in [0.29, 0.717) is 13.0 Å². The third kappa shape index (κ3) is 9.67. The van der Waals surface area contributed by atoms with Crippen molar-refractivity contribution < 1.29 is 24.5 Å². The molecule has 3 N–H and O–H groups in total. The fraction of sp³-hybridized carbons (Fsp3) is 0.850. The van der Waals surface area contributed by atoms with E-state index in [1.165, 1.54) is 12.8 Å². The molecule has 152 valence electrons. The first-order chi connectivity index (χ1) is 12.4. The second kappa shape index (κ2) is 13.3. The molecule has 1 aliphatic rings. The van der Waals surface area contributed by atoms with E-state index in [2.05, 4.69) is 12.2 Å². The maximum Gasteiger partial charge on any atom is 0.243 e. The Morgan fingerprint density at radius 3 is 2.81 bits per heavy atom. The smallest absolute Gasteiger partial charge is 0.243 e. The number of aliphatic hydroxyl groups is 2. The summed E-state index contributed by atoms with van der Waals surface area (Å²) in [5.74, 6) is -0.0404. The predicted octanol–water partition coefficient (Wildman–Crippen LogP) is 2.32. The zero-order valence-electron chi connectivity index (χ0n) is 16.5. The Hall–Kier alpha value is -0.950. The summed E-state index contributed by atoms with van der Waals surface area (Å²) in [4.78, 5) is 11.7. The topological polar surface area (TPSA) is 88.0 Å². The SMILES string of the molecule is CCCCCCNC(=O)/C=C/CC[C@@H](C)OCC1O[C@@H](C)[C@H](O)C[C@H]1O. The van der Waals surface area contributed by atoms with Crippen LogP contribution in [-0.2, 0) is 14.3 Å². The maximum atomic E-state index is 11.7. The van der Waals surface area contributed by atoms with Crippen LogP contribution >= 0.6 is 0 Å². The molecular weight excluding hydrogens is 334 g/mol. The molecule has 0 bridgehead atoms. The van der Waals surface area contributed by atoms with Crippen molar-refractivity contribution in [1.82, 2.24) is 5.32 Å². The lowest BCUT2D eigenvalue weighted by Gasteiger charge is -2.36. The summed E-state index contributed by atoms with van der Waals surface area (Å²) in [6.45, 7) is 6.98. The van der Waals surface area contributed by atoms with Gasteiger partial charge in [0, 0.05) is 13.0 Å². The summed E-state index contributed by atoms with van der Waals surface area (Å²) in [6.07, 6.45) is 7.92. The quantitative estimate of drug-likeness (QED) is 0.362. The van der Waals surface area contributed by atoms with Crippen molar-refractivity contribution in [3.63, 3.8) is 0 Å². The molecule has 1 heterocycles. The van der Waals surface area contributed by atoms with Gasteiger partial charge in [0.15, 0.2) is 0 Å². The van der Waals surface area contributed by atoms with Crippen LogP contribution in [0.4, 0.5) is 0 Å². The van der Waals surface area contributed by atoms with Crippen molar-refractivity contribution in [3.05, 3.63) is 12.2 Å². The standard InChI is InChI=1S/C20H37NO5/c1-4-5-6-9-12-21-20(24)11-8-7-10-15(2)25-14-19-18(23)13-17(22)16(3)26-19/h8,11,15-19,22-23H,4-7,9-10,12-14H2,1-3H3,(H,21,24)/b11-8+/t15-,16+,17-,18-,19?/m1/s1. The van der Waals surface area contributed by atoms with Gasteiger partial charge >= 0.3 is 0 Å². The molecule has 26 heavy (non-hydrogen) atoms. The summed E-state index contributed by atoms with van der Waals surface area (Å²) in [7, 11) is 0.